The van der Waals surface area contributed by atoms with E-state index in [1.165, 1.54) is 17.7 Å². The largest absolute Gasteiger partial charge is 0.391 e. The molecule has 3 heterocycles. The minimum atomic E-state index is -0.365. The van der Waals surface area contributed by atoms with Gasteiger partial charge in [0.2, 0.25) is 5.95 Å². The van der Waals surface area contributed by atoms with Gasteiger partial charge in [-0.1, -0.05) is 0 Å². The van der Waals surface area contributed by atoms with Gasteiger partial charge in [0.1, 0.15) is 5.82 Å². The van der Waals surface area contributed by atoms with Gasteiger partial charge in [-0.15, -0.1) is 0 Å². The van der Waals surface area contributed by atoms with E-state index in [0.717, 1.165) is 56.2 Å². The molecule has 7 heteroatoms. The predicted molar refractivity (Wildman–Crippen MR) is 103 cm³/mol. The van der Waals surface area contributed by atoms with Crippen LogP contribution in [0.3, 0.4) is 0 Å². The van der Waals surface area contributed by atoms with Gasteiger partial charge in [0.15, 0.2) is 0 Å². The van der Waals surface area contributed by atoms with Crippen LogP contribution in [0.15, 0.2) is 18.6 Å². The molecule has 142 valence electrons. The zero-order valence-corrected chi connectivity index (χ0v) is 15.7. The lowest BCUT2D eigenvalue weighted by molar-refractivity contribution is 0.0737. The molecular formula is C20H26N6O. The number of nitrogens with one attached hydrogen (secondary N) is 1. The Kier molecular flexibility index (Phi) is 4.19. The number of aromatic nitrogens is 4. The molecule has 7 nitrogen and oxygen atoms in total. The van der Waals surface area contributed by atoms with Crippen LogP contribution in [0.25, 0.3) is 0 Å². The lowest BCUT2D eigenvalue weighted by Gasteiger charge is -2.35. The molecule has 5 rings (SSSR count). The second-order valence-corrected chi connectivity index (χ2v) is 8.19. The predicted octanol–water partition coefficient (Wildman–Crippen LogP) is 1.75. The van der Waals surface area contributed by atoms with Crippen LogP contribution in [-0.2, 0) is 12.8 Å². The fourth-order valence-corrected chi connectivity index (χ4v) is 5.06. The van der Waals surface area contributed by atoms with Crippen LogP contribution in [-0.4, -0.2) is 50.3 Å². The maximum Gasteiger partial charge on any atom is 0.225 e. The first-order valence-electron chi connectivity index (χ1n) is 9.99. The molecule has 4 atom stereocenters. The van der Waals surface area contributed by atoms with Gasteiger partial charge < -0.3 is 15.3 Å². The highest BCUT2D eigenvalue weighted by molar-refractivity contribution is 5.40. The van der Waals surface area contributed by atoms with Crippen LogP contribution in [0.1, 0.15) is 36.2 Å². The van der Waals surface area contributed by atoms with Crippen LogP contribution >= 0.6 is 0 Å². The molecule has 1 saturated carbocycles. The molecule has 27 heavy (non-hydrogen) atoms. The number of rotatable bonds is 3. The highest BCUT2D eigenvalue weighted by Crippen LogP contribution is 2.39. The first kappa shape index (κ1) is 16.9. The molecule has 2 aromatic rings. The number of hydrogen-bond donors (Lipinski definition) is 2. The third kappa shape index (κ3) is 3.14. The molecule has 0 amide bonds. The standard InChI is InChI=1S/C20H26N6O/c1-12-15-3-2-4-16(15)25-20(23-12)26-10-13-7-17(18(27)8-14(13)11-26)24-19-9-21-5-6-22-19/h5-6,9,13-14,17-18,27H,2-4,7-8,10-11H2,1H3,(H,22,24)/t13-,14+,17-,18-/m1/s1. The fraction of sp³-hybridized carbons (Fsp3) is 0.600. The highest BCUT2D eigenvalue weighted by Gasteiger charge is 2.42. The summed E-state index contributed by atoms with van der Waals surface area (Å²) in [5.74, 6) is 2.65. The summed E-state index contributed by atoms with van der Waals surface area (Å²) in [7, 11) is 0. The summed E-state index contributed by atoms with van der Waals surface area (Å²) in [5.41, 5.74) is 3.75. The number of hydrogen-bond acceptors (Lipinski definition) is 7. The van der Waals surface area contributed by atoms with E-state index in [2.05, 4.69) is 27.1 Å². The minimum absolute atomic E-state index is 0.0191. The van der Waals surface area contributed by atoms with Crippen molar-refractivity contribution >= 4 is 11.8 Å². The average Bonchev–Trinajstić information content (AvgIpc) is 3.29. The number of aliphatic hydroxyl groups is 1. The van der Waals surface area contributed by atoms with E-state index < -0.39 is 0 Å². The van der Waals surface area contributed by atoms with Gasteiger partial charge in [-0.25, -0.2) is 15.0 Å². The van der Waals surface area contributed by atoms with Crippen LogP contribution < -0.4 is 10.2 Å². The van der Waals surface area contributed by atoms with Gasteiger partial charge in [-0.2, -0.15) is 0 Å². The summed E-state index contributed by atoms with van der Waals surface area (Å²) in [4.78, 5) is 20.4. The fourth-order valence-electron chi connectivity index (χ4n) is 5.06. The average molecular weight is 366 g/mol. The molecule has 0 spiro atoms. The summed E-state index contributed by atoms with van der Waals surface area (Å²) in [6, 6.07) is 0.0191. The Morgan fingerprint density at radius 1 is 1.11 bits per heavy atom. The molecule has 0 aromatic carbocycles. The Hall–Kier alpha value is -2.28. The topological polar surface area (TPSA) is 87.1 Å². The van der Waals surface area contributed by atoms with Gasteiger partial charge in [-0.3, -0.25) is 4.98 Å². The normalized spacial score (nSPS) is 29.5. The van der Waals surface area contributed by atoms with E-state index in [1.807, 2.05) is 0 Å². The zero-order chi connectivity index (χ0) is 18.4. The summed E-state index contributed by atoms with van der Waals surface area (Å²) >= 11 is 0. The second-order valence-electron chi connectivity index (χ2n) is 8.19. The molecule has 3 aliphatic rings. The van der Waals surface area contributed by atoms with Crippen molar-refractivity contribution in [2.24, 2.45) is 11.8 Å². The van der Waals surface area contributed by atoms with Crippen molar-refractivity contribution in [3.8, 4) is 0 Å². The third-order valence-electron chi connectivity index (χ3n) is 6.45. The lowest BCUT2D eigenvalue weighted by Crippen LogP contribution is -2.43. The Balaban J connectivity index is 1.31. The molecular weight excluding hydrogens is 340 g/mol. The number of fused-ring (bicyclic) bond motifs is 2. The summed E-state index contributed by atoms with van der Waals surface area (Å²) in [6.07, 6.45) is 9.81. The second kappa shape index (κ2) is 6.71. The molecule has 1 aliphatic heterocycles. The number of aryl methyl sites for hydroxylation is 2. The molecule has 1 saturated heterocycles. The zero-order valence-electron chi connectivity index (χ0n) is 15.7. The Bertz CT molecular complexity index is 829. The molecule has 0 radical (unpaired) electrons. The molecule has 2 fully saturated rings. The molecule has 0 bridgehead atoms. The van der Waals surface area contributed by atoms with Gasteiger partial charge in [0.05, 0.1) is 18.3 Å². The molecule has 0 unspecified atom stereocenters. The van der Waals surface area contributed by atoms with E-state index in [1.54, 1.807) is 18.6 Å². The number of nitrogens with zero attached hydrogens (tertiary/aromatic N) is 5. The van der Waals surface area contributed by atoms with Gasteiger partial charge in [-0.05, 0) is 56.4 Å². The van der Waals surface area contributed by atoms with Crippen LogP contribution in [0.5, 0.6) is 0 Å². The monoisotopic (exact) mass is 366 g/mol. The van der Waals surface area contributed by atoms with Gasteiger partial charge in [0.25, 0.3) is 0 Å². The smallest absolute Gasteiger partial charge is 0.225 e. The highest BCUT2D eigenvalue weighted by atomic mass is 16.3. The van der Waals surface area contributed by atoms with E-state index in [0.29, 0.717) is 11.8 Å². The summed E-state index contributed by atoms with van der Waals surface area (Å²) in [5, 5.41) is 14.0. The van der Waals surface area contributed by atoms with Crippen LogP contribution in [0.2, 0.25) is 0 Å². The maximum absolute atomic E-state index is 10.6. The van der Waals surface area contributed by atoms with Crippen molar-refractivity contribution in [2.45, 2.75) is 51.2 Å². The van der Waals surface area contributed by atoms with Crippen molar-refractivity contribution < 1.29 is 5.11 Å². The third-order valence-corrected chi connectivity index (χ3v) is 6.45. The Morgan fingerprint density at radius 3 is 2.78 bits per heavy atom. The molecule has 2 N–H and O–H groups in total. The van der Waals surface area contributed by atoms with E-state index in [-0.39, 0.29) is 12.1 Å². The Labute approximate surface area is 159 Å². The van der Waals surface area contributed by atoms with Crippen LogP contribution in [0, 0.1) is 18.8 Å². The van der Waals surface area contributed by atoms with Crippen molar-refractivity contribution in [1.82, 2.24) is 19.9 Å². The van der Waals surface area contributed by atoms with Crippen molar-refractivity contribution in [3.05, 3.63) is 35.5 Å². The van der Waals surface area contributed by atoms with Gasteiger partial charge >= 0.3 is 0 Å². The molecule has 2 aromatic heterocycles. The first-order valence-corrected chi connectivity index (χ1v) is 9.99. The van der Waals surface area contributed by atoms with Crippen molar-refractivity contribution in [1.29, 1.82) is 0 Å². The van der Waals surface area contributed by atoms with E-state index in [4.69, 9.17) is 9.97 Å². The van der Waals surface area contributed by atoms with Crippen LogP contribution in [0.4, 0.5) is 11.8 Å². The quantitative estimate of drug-likeness (QED) is 0.856. The van der Waals surface area contributed by atoms with Gasteiger partial charge in [0, 0.05) is 36.9 Å². The van der Waals surface area contributed by atoms with Crippen molar-refractivity contribution in [3.63, 3.8) is 0 Å². The summed E-state index contributed by atoms with van der Waals surface area (Å²) < 4.78 is 0. The first-order chi connectivity index (χ1) is 13.2. The minimum Gasteiger partial charge on any atom is -0.391 e. The van der Waals surface area contributed by atoms with E-state index >= 15 is 0 Å². The van der Waals surface area contributed by atoms with Crippen molar-refractivity contribution in [2.75, 3.05) is 23.3 Å². The van der Waals surface area contributed by atoms with E-state index in [9.17, 15) is 5.11 Å². The Morgan fingerprint density at radius 2 is 1.96 bits per heavy atom. The maximum atomic E-state index is 10.6. The number of anilines is 2. The molecule has 2 aliphatic carbocycles. The summed E-state index contributed by atoms with van der Waals surface area (Å²) in [6.45, 7) is 4.02. The SMILES string of the molecule is Cc1nc(N2C[C@H]3C[C@@H](Nc4cnccn4)[C@H](O)C[C@H]3C2)nc2c1CCC2. The number of aliphatic hydroxyl groups excluding tert-OH is 1. The lowest BCUT2D eigenvalue weighted by atomic mass is 9.77.